The Morgan fingerprint density at radius 1 is 1.47 bits per heavy atom. The summed E-state index contributed by atoms with van der Waals surface area (Å²) >= 11 is 0. The highest BCUT2D eigenvalue weighted by atomic mass is 35.5. The fourth-order valence-electron chi connectivity index (χ4n) is 1.38. The SMILES string of the molecule is COC(=O)C[C@H](N)c1ccccc1C.Cl. The molecule has 0 spiro atoms. The summed E-state index contributed by atoms with van der Waals surface area (Å²) in [6.07, 6.45) is 0.224. The molecule has 0 aromatic heterocycles. The second kappa shape index (κ2) is 6.43. The van der Waals surface area contributed by atoms with Crippen LogP contribution >= 0.6 is 12.4 Å². The quantitative estimate of drug-likeness (QED) is 0.807. The molecule has 0 amide bonds. The molecule has 1 atom stereocenters. The number of hydrogen-bond donors (Lipinski definition) is 1. The second-order valence-electron chi connectivity index (χ2n) is 3.24. The van der Waals surface area contributed by atoms with Crippen molar-refractivity contribution in [3.05, 3.63) is 35.4 Å². The average Bonchev–Trinajstić information content (AvgIpc) is 2.18. The van der Waals surface area contributed by atoms with Crippen LogP contribution in [-0.4, -0.2) is 13.1 Å². The zero-order valence-electron chi connectivity index (χ0n) is 8.90. The summed E-state index contributed by atoms with van der Waals surface area (Å²) in [5.41, 5.74) is 7.97. The lowest BCUT2D eigenvalue weighted by Gasteiger charge is -2.12. The minimum absolute atomic E-state index is 0. The van der Waals surface area contributed by atoms with Gasteiger partial charge in [-0.3, -0.25) is 4.79 Å². The summed E-state index contributed by atoms with van der Waals surface area (Å²) in [4.78, 5) is 11.0. The first kappa shape index (κ1) is 13.9. The predicted octanol–water partition coefficient (Wildman–Crippen LogP) is 1.98. The van der Waals surface area contributed by atoms with Crippen molar-refractivity contribution in [3.8, 4) is 0 Å². The van der Waals surface area contributed by atoms with E-state index in [0.29, 0.717) is 0 Å². The lowest BCUT2D eigenvalue weighted by atomic mass is 10.00. The van der Waals surface area contributed by atoms with E-state index in [1.165, 1.54) is 7.11 Å². The fourth-order valence-corrected chi connectivity index (χ4v) is 1.38. The first-order chi connectivity index (χ1) is 6.65. The number of benzene rings is 1. The average molecular weight is 230 g/mol. The van der Waals surface area contributed by atoms with Crippen LogP contribution in [-0.2, 0) is 9.53 Å². The third-order valence-electron chi connectivity index (χ3n) is 2.20. The maximum Gasteiger partial charge on any atom is 0.307 e. The smallest absolute Gasteiger partial charge is 0.307 e. The molecule has 0 unspecified atom stereocenters. The van der Waals surface area contributed by atoms with Gasteiger partial charge in [-0.1, -0.05) is 24.3 Å². The van der Waals surface area contributed by atoms with Gasteiger partial charge in [0.2, 0.25) is 0 Å². The van der Waals surface area contributed by atoms with Crippen LogP contribution in [0, 0.1) is 6.92 Å². The summed E-state index contributed by atoms with van der Waals surface area (Å²) < 4.78 is 4.56. The zero-order valence-corrected chi connectivity index (χ0v) is 9.71. The van der Waals surface area contributed by atoms with E-state index < -0.39 is 0 Å². The molecule has 0 fully saturated rings. The fraction of sp³-hybridized carbons (Fsp3) is 0.364. The van der Waals surface area contributed by atoms with Crippen LogP contribution in [0.1, 0.15) is 23.6 Å². The van der Waals surface area contributed by atoms with Gasteiger partial charge in [-0.05, 0) is 18.1 Å². The number of carbonyl (C=O) groups is 1. The summed E-state index contributed by atoms with van der Waals surface area (Å²) in [6, 6.07) is 7.50. The molecule has 0 saturated heterocycles. The number of halogens is 1. The van der Waals surface area contributed by atoms with Crippen molar-refractivity contribution in [2.24, 2.45) is 5.73 Å². The monoisotopic (exact) mass is 229 g/mol. The first-order valence-electron chi connectivity index (χ1n) is 4.53. The summed E-state index contributed by atoms with van der Waals surface area (Å²) in [7, 11) is 1.37. The van der Waals surface area contributed by atoms with Crippen molar-refractivity contribution in [3.63, 3.8) is 0 Å². The maximum atomic E-state index is 11.0. The highest BCUT2D eigenvalue weighted by molar-refractivity contribution is 5.85. The van der Waals surface area contributed by atoms with E-state index in [-0.39, 0.29) is 30.8 Å². The highest BCUT2D eigenvalue weighted by Gasteiger charge is 2.12. The summed E-state index contributed by atoms with van der Waals surface area (Å²) in [6.45, 7) is 1.98. The molecule has 1 aromatic rings. The van der Waals surface area contributed by atoms with Crippen molar-refractivity contribution in [1.82, 2.24) is 0 Å². The van der Waals surface area contributed by atoms with E-state index in [2.05, 4.69) is 4.74 Å². The number of ether oxygens (including phenoxy) is 1. The second-order valence-corrected chi connectivity index (χ2v) is 3.24. The van der Waals surface area contributed by atoms with Crippen molar-refractivity contribution < 1.29 is 9.53 Å². The molecule has 2 N–H and O–H groups in total. The molecular weight excluding hydrogens is 214 g/mol. The molecule has 15 heavy (non-hydrogen) atoms. The molecule has 0 aliphatic carbocycles. The molecule has 0 bridgehead atoms. The largest absolute Gasteiger partial charge is 0.469 e. The Kier molecular flexibility index (Phi) is 5.97. The Morgan fingerprint density at radius 2 is 2.07 bits per heavy atom. The van der Waals surface area contributed by atoms with Gasteiger partial charge in [0.15, 0.2) is 0 Å². The number of hydrogen-bond acceptors (Lipinski definition) is 3. The number of methoxy groups -OCH3 is 1. The van der Waals surface area contributed by atoms with E-state index >= 15 is 0 Å². The molecule has 4 heteroatoms. The van der Waals surface area contributed by atoms with Crippen molar-refractivity contribution in [1.29, 1.82) is 0 Å². The van der Waals surface area contributed by atoms with Crippen LogP contribution in [0.15, 0.2) is 24.3 Å². The molecular formula is C11H16ClNO2. The number of carbonyl (C=O) groups excluding carboxylic acids is 1. The van der Waals surface area contributed by atoms with Crippen LogP contribution in [0.5, 0.6) is 0 Å². The van der Waals surface area contributed by atoms with Crippen molar-refractivity contribution in [2.75, 3.05) is 7.11 Å². The van der Waals surface area contributed by atoms with E-state index in [0.717, 1.165) is 11.1 Å². The molecule has 1 aromatic carbocycles. The topological polar surface area (TPSA) is 52.3 Å². The molecule has 0 saturated carbocycles. The third kappa shape index (κ3) is 3.90. The van der Waals surface area contributed by atoms with Crippen molar-refractivity contribution >= 4 is 18.4 Å². The maximum absolute atomic E-state index is 11.0. The van der Waals surface area contributed by atoms with E-state index in [1.54, 1.807) is 0 Å². The Balaban J connectivity index is 0.00000196. The minimum Gasteiger partial charge on any atom is -0.469 e. The van der Waals surface area contributed by atoms with Crippen LogP contribution in [0.4, 0.5) is 0 Å². The van der Waals surface area contributed by atoms with E-state index in [4.69, 9.17) is 5.73 Å². The normalized spacial score (nSPS) is 11.4. The van der Waals surface area contributed by atoms with Gasteiger partial charge in [-0.2, -0.15) is 0 Å². The lowest BCUT2D eigenvalue weighted by Crippen LogP contribution is -2.17. The molecule has 84 valence electrons. The van der Waals surface area contributed by atoms with Gasteiger partial charge in [0, 0.05) is 6.04 Å². The Hall–Kier alpha value is -1.06. The van der Waals surface area contributed by atoms with E-state index in [1.807, 2.05) is 31.2 Å². The molecule has 0 radical (unpaired) electrons. The number of esters is 1. The first-order valence-corrected chi connectivity index (χ1v) is 4.53. The number of nitrogens with two attached hydrogens (primary N) is 1. The minimum atomic E-state index is -0.277. The predicted molar refractivity (Wildman–Crippen MR) is 62.0 cm³/mol. The summed E-state index contributed by atoms with van der Waals surface area (Å²) in [5.74, 6) is -0.277. The van der Waals surface area contributed by atoms with Gasteiger partial charge < -0.3 is 10.5 Å². The lowest BCUT2D eigenvalue weighted by molar-refractivity contribution is -0.141. The zero-order chi connectivity index (χ0) is 10.6. The Labute approximate surface area is 96.0 Å². The standard InChI is InChI=1S/C11H15NO2.ClH/c1-8-5-3-4-6-9(8)10(12)7-11(13)14-2;/h3-6,10H,7,12H2,1-2H3;1H/t10-;/m0./s1. The number of aryl methyl sites for hydroxylation is 1. The van der Waals surface area contributed by atoms with Gasteiger partial charge in [-0.25, -0.2) is 0 Å². The molecule has 3 nitrogen and oxygen atoms in total. The number of rotatable bonds is 3. The Bertz CT molecular complexity index is 328. The third-order valence-corrected chi connectivity index (χ3v) is 2.20. The van der Waals surface area contributed by atoms with Gasteiger partial charge in [0.25, 0.3) is 0 Å². The van der Waals surface area contributed by atoms with Crippen LogP contribution in [0.2, 0.25) is 0 Å². The molecule has 1 rings (SSSR count). The van der Waals surface area contributed by atoms with E-state index in [9.17, 15) is 4.79 Å². The van der Waals surface area contributed by atoms with Gasteiger partial charge in [0.05, 0.1) is 13.5 Å². The van der Waals surface area contributed by atoms with Crippen LogP contribution < -0.4 is 5.73 Å². The molecule has 0 aliphatic rings. The Morgan fingerprint density at radius 3 is 2.60 bits per heavy atom. The van der Waals surface area contributed by atoms with Crippen LogP contribution in [0.3, 0.4) is 0 Å². The van der Waals surface area contributed by atoms with Gasteiger partial charge in [0.1, 0.15) is 0 Å². The highest BCUT2D eigenvalue weighted by Crippen LogP contribution is 2.18. The molecule has 0 aliphatic heterocycles. The molecule has 0 heterocycles. The van der Waals surface area contributed by atoms with Crippen LogP contribution in [0.25, 0.3) is 0 Å². The van der Waals surface area contributed by atoms with Crippen molar-refractivity contribution in [2.45, 2.75) is 19.4 Å². The van der Waals surface area contributed by atoms with Gasteiger partial charge in [-0.15, -0.1) is 12.4 Å². The van der Waals surface area contributed by atoms with Gasteiger partial charge >= 0.3 is 5.97 Å². The summed E-state index contributed by atoms with van der Waals surface area (Å²) in [5, 5.41) is 0.